The number of piperidine rings is 1. The van der Waals surface area contributed by atoms with Crippen LogP contribution in [0.2, 0.25) is 5.02 Å². The Morgan fingerprint density at radius 3 is 3.00 bits per heavy atom. The first-order valence-corrected chi connectivity index (χ1v) is 7.72. The molecule has 1 heterocycles. The first kappa shape index (κ1) is 15.3. The van der Waals surface area contributed by atoms with Crippen LogP contribution >= 0.6 is 11.6 Å². The van der Waals surface area contributed by atoms with Crippen molar-refractivity contribution in [3.63, 3.8) is 0 Å². The van der Waals surface area contributed by atoms with Crippen LogP contribution in [-0.2, 0) is 11.3 Å². The summed E-state index contributed by atoms with van der Waals surface area (Å²) < 4.78 is 0. The lowest BCUT2D eigenvalue weighted by Gasteiger charge is -2.36. The summed E-state index contributed by atoms with van der Waals surface area (Å²) in [5.74, 6) is -0.252. The van der Waals surface area contributed by atoms with E-state index in [2.05, 4.69) is 11.0 Å². The molecule has 3 nitrogen and oxygen atoms in total. The molecule has 2 N–H and O–H groups in total. The minimum absolute atomic E-state index is 0.0556. The summed E-state index contributed by atoms with van der Waals surface area (Å²) in [7, 11) is 0. The van der Waals surface area contributed by atoms with Gasteiger partial charge in [-0.05, 0) is 43.5 Å². The molecule has 2 rings (SSSR count). The maximum Gasteiger partial charge on any atom is 0.220 e. The van der Waals surface area contributed by atoms with E-state index < -0.39 is 0 Å². The van der Waals surface area contributed by atoms with Crippen LogP contribution in [-0.4, -0.2) is 23.4 Å². The van der Waals surface area contributed by atoms with Crippen molar-refractivity contribution in [2.75, 3.05) is 6.54 Å². The highest BCUT2D eigenvalue weighted by Gasteiger charge is 2.25. The van der Waals surface area contributed by atoms with Crippen molar-refractivity contribution in [3.8, 4) is 0 Å². The number of amides is 1. The molecule has 1 aliphatic heterocycles. The molecule has 0 saturated carbocycles. The highest BCUT2D eigenvalue weighted by Crippen LogP contribution is 2.25. The first-order chi connectivity index (χ1) is 9.56. The fourth-order valence-electron chi connectivity index (χ4n) is 2.93. The smallest absolute Gasteiger partial charge is 0.220 e. The number of nitrogens with zero attached hydrogens (tertiary/aromatic N) is 1. The quantitative estimate of drug-likeness (QED) is 0.906. The minimum atomic E-state index is -0.196. The molecule has 0 bridgehead atoms. The van der Waals surface area contributed by atoms with Gasteiger partial charge in [0, 0.05) is 23.5 Å². The van der Waals surface area contributed by atoms with Crippen LogP contribution in [0, 0.1) is 5.92 Å². The molecule has 0 aromatic heterocycles. The van der Waals surface area contributed by atoms with E-state index in [1.165, 1.54) is 18.4 Å². The molecule has 1 fully saturated rings. The largest absolute Gasteiger partial charge is 0.369 e. The topological polar surface area (TPSA) is 46.3 Å². The lowest BCUT2D eigenvalue weighted by molar-refractivity contribution is -0.122. The Hall–Kier alpha value is -1.06. The van der Waals surface area contributed by atoms with E-state index in [4.69, 9.17) is 17.3 Å². The SMILES string of the molecule is CC(CC1CCCCN1Cc1cccc(Cl)c1)C(N)=O. The van der Waals surface area contributed by atoms with Gasteiger partial charge in [-0.1, -0.05) is 37.1 Å². The van der Waals surface area contributed by atoms with Crippen LogP contribution in [0.3, 0.4) is 0 Å². The lowest BCUT2D eigenvalue weighted by atomic mass is 9.92. The number of hydrogen-bond donors (Lipinski definition) is 1. The van der Waals surface area contributed by atoms with Gasteiger partial charge in [-0.15, -0.1) is 0 Å². The van der Waals surface area contributed by atoms with E-state index in [-0.39, 0.29) is 11.8 Å². The number of nitrogens with two attached hydrogens (primary N) is 1. The molecule has 0 radical (unpaired) electrons. The van der Waals surface area contributed by atoms with Crippen molar-refractivity contribution in [1.29, 1.82) is 0 Å². The van der Waals surface area contributed by atoms with Crippen LogP contribution in [0.1, 0.15) is 38.2 Å². The summed E-state index contributed by atoms with van der Waals surface area (Å²) in [6.45, 7) is 3.91. The Bertz CT molecular complexity index is 464. The molecule has 0 aliphatic carbocycles. The zero-order valence-corrected chi connectivity index (χ0v) is 12.8. The maximum absolute atomic E-state index is 11.3. The fraction of sp³-hybridized carbons (Fsp3) is 0.562. The second kappa shape index (κ2) is 7.09. The van der Waals surface area contributed by atoms with Gasteiger partial charge in [0.25, 0.3) is 0 Å². The van der Waals surface area contributed by atoms with Crippen LogP contribution in [0.15, 0.2) is 24.3 Å². The predicted octanol–water partition coefficient (Wildman–Crippen LogP) is 3.21. The van der Waals surface area contributed by atoms with Gasteiger partial charge in [-0.25, -0.2) is 0 Å². The molecule has 1 aromatic carbocycles. The van der Waals surface area contributed by atoms with Crippen LogP contribution in [0.4, 0.5) is 0 Å². The molecule has 1 aromatic rings. The lowest BCUT2D eigenvalue weighted by Crippen LogP contribution is -2.41. The van der Waals surface area contributed by atoms with Gasteiger partial charge in [-0.3, -0.25) is 9.69 Å². The van der Waals surface area contributed by atoms with Crippen molar-refractivity contribution in [3.05, 3.63) is 34.9 Å². The summed E-state index contributed by atoms with van der Waals surface area (Å²) in [4.78, 5) is 13.7. The maximum atomic E-state index is 11.3. The Morgan fingerprint density at radius 2 is 2.30 bits per heavy atom. The van der Waals surface area contributed by atoms with Crippen molar-refractivity contribution in [2.24, 2.45) is 11.7 Å². The van der Waals surface area contributed by atoms with Crippen LogP contribution in [0.25, 0.3) is 0 Å². The summed E-state index contributed by atoms with van der Waals surface area (Å²) in [5.41, 5.74) is 6.63. The van der Waals surface area contributed by atoms with Gasteiger partial charge in [0.2, 0.25) is 5.91 Å². The normalized spacial score (nSPS) is 21.6. The fourth-order valence-corrected chi connectivity index (χ4v) is 3.14. The van der Waals surface area contributed by atoms with Gasteiger partial charge < -0.3 is 5.73 Å². The number of carbonyl (C=O) groups excluding carboxylic acids is 1. The molecule has 1 saturated heterocycles. The molecule has 110 valence electrons. The Kier molecular flexibility index (Phi) is 5.44. The summed E-state index contributed by atoms with van der Waals surface area (Å²) >= 11 is 6.05. The van der Waals surface area contributed by atoms with Gasteiger partial charge in [0.1, 0.15) is 0 Å². The van der Waals surface area contributed by atoms with Crippen molar-refractivity contribution in [1.82, 2.24) is 4.90 Å². The minimum Gasteiger partial charge on any atom is -0.369 e. The second-order valence-electron chi connectivity index (χ2n) is 5.79. The number of primary amides is 1. The Labute approximate surface area is 126 Å². The van der Waals surface area contributed by atoms with Gasteiger partial charge in [0.05, 0.1) is 0 Å². The highest BCUT2D eigenvalue weighted by atomic mass is 35.5. The van der Waals surface area contributed by atoms with E-state index in [1.54, 1.807) is 0 Å². The van der Waals surface area contributed by atoms with E-state index >= 15 is 0 Å². The van der Waals surface area contributed by atoms with E-state index in [9.17, 15) is 4.79 Å². The van der Waals surface area contributed by atoms with Gasteiger partial charge in [0.15, 0.2) is 0 Å². The number of carbonyl (C=O) groups is 1. The Morgan fingerprint density at radius 1 is 1.50 bits per heavy atom. The highest BCUT2D eigenvalue weighted by molar-refractivity contribution is 6.30. The molecule has 0 spiro atoms. The number of likely N-dealkylation sites (tertiary alicyclic amines) is 1. The van der Waals surface area contributed by atoms with E-state index in [0.717, 1.165) is 31.0 Å². The van der Waals surface area contributed by atoms with Crippen molar-refractivity contribution < 1.29 is 4.79 Å². The molecule has 20 heavy (non-hydrogen) atoms. The van der Waals surface area contributed by atoms with Crippen molar-refractivity contribution >= 4 is 17.5 Å². The number of hydrogen-bond acceptors (Lipinski definition) is 2. The van der Waals surface area contributed by atoms with E-state index in [1.807, 2.05) is 25.1 Å². The van der Waals surface area contributed by atoms with Gasteiger partial charge >= 0.3 is 0 Å². The predicted molar refractivity (Wildman–Crippen MR) is 82.5 cm³/mol. The molecular formula is C16H23ClN2O. The number of benzene rings is 1. The van der Waals surface area contributed by atoms with Crippen molar-refractivity contribution in [2.45, 2.75) is 45.2 Å². The third-order valence-electron chi connectivity index (χ3n) is 4.14. The van der Waals surface area contributed by atoms with E-state index in [0.29, 0.717) is 6.04 Å². The molecule has 4 heteroatoms. The number of rotatable bonds is 5. The molecule has 1 amide bonds. The zero-order chi connectivity index (χ0) is 14.5. The average molecular weight is 295 g/mol. The third-order valence-corrected chi connectivity index (χ3v) is 4.37. The monoisotopic (exact) mass is 294 g/mol. The first-order valence-electron chi connectivity index (χ1n) is 7.34. The second-order valence-corrected chi connectivity index (χ2v) is 6.23. The number of halogens is 1. The Balaban J connectivity index is 2.01. The molecule has 2 unspecified atom stereocenters. The van der Waals surface area contributed by atoms with Crippen LogP contribution < -0.4 is 5.73 Å². The van der Waals surface area contributed by atoms with Gasteiger partial charge in [-0.2, -0.15) is 0 Å². The molecule has 1 aliphatic rings. The average Bonchev–Trinajstić information content (AvgIpc) is 2.41. The summed E-state index contributed by atoms with van der Waals surface area (Å²) in [6, 6.07) is 8.46. The third kappa shape index (κ3) is 4.22. The summed E-state index contributed by atoms with van der Waals surface area (Å²) in [6.07, 6.45) is 4.47. The standard InChI is InChI=1S/C16H23ClN2O/c1-12(16(18)20)9-15-7-2-3-8-19(15)11-13-5-4-6-14(17)10-13/h4-6,10,12,15H,2-3,7-9,11H2,1H3,(H2,18,20). The summed E-state index contributed by atoms with van der Waals surface area (Å²) in [5, 5.41) is 0.779. The van der Waals surface area contributed by atoms with Crippen LogP contribution in [0.5, 0.6) is 0 Å². The molecule has 2 atom stereocenters. The zero-order valence-electron chi connectivity index (χ0n) is 12.0. The molecular weight excluding hydrogens is 272 g/mol.